The number of carboxylic acids is 1. The lowest BCUT2D eigenvalue weighted by atomic mass is 10.1. The second kappa shape index (κ2) is 4.84. The first-order chi connectivity index (χ1) is 7.06. The number of halogens is 2. The van der Waals surface area contributed by atoms with Crippen LogP contribution in [0.4, 0.5) is 8.78 Å². The van der Waals surface area contributed by atoms with E-state index in [0.717, 1.165) is 12.1 Å². The van der Waals surface area contributed by atoms with E-state index >= 15 is 0 Å². The third kappa shape index (κ3) is 2.73. The molecule has 1 atom stereocenters. The molecule has 0 bridgehead atoms. The molecule has 3 nitrogen and oxygen atoms in total. The van der Waals surface area contributed by atoms with E-state index in [-0.39, 0.29) is 12.2 Å². The van der Waals surface area contributed by atoms with Gasteiger partial charge >= 0.3 is 5.97 Å². The highest BCUT2D eigenvalue weighted by Crippen LogP contribution is 2.19. The van der Waals surface area contributed by atoms with Gasteiger partial charge < -0.3 is 9.84 Å². The van der Waals surface area contributed by atoms with Crippen molar-refractivity contribution in [2.75, 3.05) is 6.61 Å². The molecule has 15 heavy (non-hydrogen) atoms. The summed E-state index contributed by atoms with van der Waals surface area (Å²) in [5.41, 5.74) is 0.0863. The van der Waals surface area contributed by atoms with Crippen molar-refractivity contribution < 1.29 is 23.4 Å². The van der Waals surface area contributed by atoms with Gasteiger partial charge in [-0.05, 0) is 24.6 Å². The number of ether oxygens (including phenoxy) is 1. The first-order valence-electron chi connectivity index (χ1n) is 4.35. The van der Waals surface area contributed by atoms with Crippen LogP contribution in [0.3, 0.4) is 0 Å². The first kappa shape index (κ1) is 11.6. The molecule has 0 amide bonds. The molecule has 0 saturated heterocycles. The minimum absolute atomic E-state index is 0.0863. The van der Waals surface area contributed by atoms with Crippen LogP contribution in [0.15, 0.2) is 18.2 Å². The fourth-order valence-electron chi connectivity index (χ4n) is 1.15. The number of carbonyl (C=O) groups is 1. The Morgan fingerprint density at radius 1 is 1.47 bits per heavy atom. The minimum Gasteiger partial charge on any atom is -0.479 e. The van der Waals surface area contributed by atoms with E-state index in [4.69, 9.17) is 9.84 Å². The molecule has 82 valence electrons. The average molecular weight is 216 g/mol. The molecule has 1 aromatic rings. The molecule has 0 heterocycles. The Morgan fingerprint density at radius 3 is 2.60 bits per heavy atom. The van der Waals surface area contributed by atoms with Gasteiger partial charge in [0.2, 0.25) is 0 Å². The highest BCUT2D eigenvalue weighted by molar-refractivity contribution is 5.74. The van der Waals surface area contributed by atoms with Gasteiger partial charge in [-0.2, -0.15) is 0 Å². The average Bonchev–Trinajstić information content (AvgIpc) is 2.18. The van der Waals surface area contributed by atoms with Crippen LogP contribution in [0.25, 0.3) is 0 Å². The van der Waals surface area contributed by atoms with Gasteiger partial charge in [0.05, 0.1) is 0 Å². The van der Waals surface area contributed by atoms with Crippen molar-refractivity contribution in [3.05, 3.63) is 35.4 Å². The summed E-state index contributed by atoms with van der Waals surface area (Å²) in [5.74, 6) is -3.33. The lowest BCUT2D eigenvalue weighted by molar-refractivity contribution is -0.150. The maximum atomic E-state index is 12.8. The Hall–Kier alpha value is -1.49. The summed E-state index contributed by atoms with van der Waals surface area (Å²) < 4.78 is 30.3. The van der Waals surface area contributed by atoms with Crippen LogP contribution in [0.1, 0.15) is 18.6 Å². The minimum atomic E-state index is -1.26. The Bertz CT molecular complexity index is 366. The zero-order valence-corrected chi connectivity index (χ0v) is 8.04. The third-order valence-electron chi connectivity index (χ3n) is 1.80. The predicted molar refractivity (Wildman–Crippen MR) is 48.4 cm³/mol. The zero-order chi connectivity index (χ0) is 11.4. The van der Waals surface area contributed by atoms with Gasteiger partial charge in [-0.25, -0.2) is 13.6 Å². The van der Waals surface area contributed by atoms with Gasteiger partial charge in [-0.15, -0.1) is 0 Å². The quantitative estimate of drug-likeness (QED) is 0.838. The molecule has 0 aromatic heterocycles. The predicted octanol–water partition coefficient (Wildman–Crippen LogP) is 2.13. The van der Waals surface area contributed by atoms with Crippen molar-refractivity contribution in [2.45, 2.75) is 13.0 Å². The summed E-state index contributed by atoms with van der Waals surface area (Å²) in [5, 5.41) is 8.78. The molecular weight excluding hydrogens is 206 g/mol. The summed E-state index contributed by atoms with van der Waals surface area (Å²) in [4.78, 5) is 10.7. The van der Waals surface area contributed by atoms with Crippen molar-refractivity contribution in [3.63, 3.8) is 0 Å². The summed E-state index contributed by atoms with van der Waals surface area (Å²) >= 11 is 0. The molecule has 0 radical (unpaired) electrons. The van der Waals surface area contributed by atoms with Crippen LogP contribution < -0.4 is 0 Å². The van der Waals surface area contributed by atoms with Crippen LogP contribution in [0.2, 0.25) is 0 Å². The molecular formula is C10H10F2O3. The summed E-state index contributed by atoms with van der Waals surface area (Å²) in [6, 6.07) is 2.89. The number of benzene rings is 1. The molecule has 0 saturated carbocycles. The third-order valence-corrected chi connectivity index (χ3v) is 1.80. The highest BCUT2D eigenvalue weighted by Gasteiger charge is 2.21. The van der Waals surface area contributed by atoms with Crippen molar-refractivity contribution in [2.24, 2.45) is 0 Å². The van der Waals surface area contributed by atoms with Gasteiger partial charge in [0.25, 0.3) is 0 Å². The van der Waals surface area contributed by atoms with Crippen LogP contribution in [0.5, 0.6) is 0 Å². The topological polar surface area (TPSA) is 46.5 Å². The molecule has 0 spiro atoms. The number of hydrogen-bond donors (Lipinski definition) is 1. The standard InChI is InChI=1S/C10H10F2O3/c1-2-15-9(10(13)14)6-3-4-7(11)8(12)5-6/h3-5,9H,2H2,1H3,(H,13,14). The van der Waals surface area contributed by atoms with E-state index in [0.29, 0.717) is 0 Å². The smallest absolute Gasteiger partial charge is 0.337 e. The number of carboxylic acid groups (broad SMARTS) is 1. The molecule has 0 fully saturated rings. The van der Waals surface area contributed by atoms with Gasteiger partial charge in [0.1, 0.15) is 0 Å². The van der Waals surface area contributed by atoms with Gasteiger partial charge in [0.15, 0.2) is 17.7 Å². The Kier molecular flexibility index (Phi) is 3.74. The van der Waals surface area contributed by atoms with Crippen molar-refractivity contribution in [1.29, 1.82) is 0 Å². The number of hydrogen-bond acceptors (Lipinski definition) is 2. The van der Waals surface area contributed by atoms with E-state index in [9.17, 15) is 13.6 Å². The van der Waals surface area contributed by atoms with Crippen molar-refractivity contribution >= 4 is 5.97 Å². The van der Waals surface area contributed by atoms with Crippen LogP contribution in [-0.4, -0.2) is 17.7 Å². The SMILES string of the molecule is CCOC(C(=O)O)c1ccc(F)c(F)c1. The Labute approximate surface area is 85.3 Å². The molecule has 0 aliphatic carbocycles. The summed E-state index contributed by atoms with van der Waals surface area (Å²) in [6.07, 6.45) is -1.26. The number of aliphatic carboxylic acids is 1. The monoisotopic (exact) mass is 216 g/mol. The fourth-order valence-corrected chi connectivity index (χ4v) is 1.15. The molecule has 1 aromatic carbocycles. The summed E-state index contributed by atoms with van der Waals surface area (Å²) in [6.45, 7) is 1.80. The van der Waals surface area contributed by atoms with E-state index < -0.39 is 23.7 Å². The lowest BCUT2D eigenvalue weighted by Gasteiger charge is -2.12. The highest BCUT2D eigenvalue weighted by atomic mass is 19.2. The second-order valence-corrected chi connectivity index (χ2v) is 2.85. The van der Waals surface area contributed by atoms with Crippen molar-refractivity contribution in [3.8, 4) is 0 Å². The van der Waals surface area contributed by atoms with Crippen molar-refractivity contribution in [1.82, 2.24) is 0 Å². The number of rotatable bonds is 4. The first-order valence-corrected chi connectivity index (χ1v) is 4.35. The van der Waals surface area contributed by atoms with Gasteiger partial charge in [-0.3, -0.25) is 0 Å². The molecule has 1 N–H and O–H groups in total. The van der Waals surface area contributed by atoms with E-state index in [2.05, 4.69) is 0 Å². The second-order valence-electron chi connectivity index (χ2n) is 2.85. The van der Waals surface area contributed by atoms with Crippen LogP contribution >= 0.6 is 0 Å². The normalized spacial score (nSPS) is 12.5. The van der Waals surface area contributed by atoms with E-state index in [1.807, 2.05) is 0 Å². The van der Waals surface area contributed by atoms with Gasteiger partial charge in [0, 0.05) is 6.61 Å². The maximum Gasteiger partial charge on any atom is 0.337 e. The largest absolute Gasteiger partial charge is 0.479 e. The zero-order valence-electron chi connectivity index (χ0n) is 8.04. The summed E-state index contributed by atoms with van der Waals surface area (Å²) in [7, 11) is 0. The Balaban J connectivity index is 3.01. The molecule has 0 aliphatic heterocycles. The molecule has 1 unspecified atom stereocenters. The molecule has 0 aliphatic rings. The van der Waals surface area contributed by atoms with E-state index in [1.165, 1.54) is 6.07 Å². The molecule has 1 rings (SSSR count). The van der Waals surface area contributed by atoms with Gasteiger partial charge in [-0.1, -0.05) is 6.07 Å². The van der Waals surface area contributed by atoms with Crippen LogP contribution in [0, 0.1) is 11.6 Å². The Morgan fingerprint density at radius 2 is 2.13 bits per heavy atom. The molecule has 5 heteroatoms. The fraction of sp³-hybridized carbons (Fsp3) is 0.300. The maximum absolute atomic E-state index is 12.8. The van der Waals surface area contributed by atoms with E-state index in [1.54, 1.807) is 6.92 Å². The van der Waals surface area contributed by atoms with Crippen LogP contribution in [-0.2, 0) is 9.53 Å². The lowest BCUT2D eigenvalue weighted by Crippen LogP contribution is -2.15.